The summed E-state index contributed by atoms with van der Waals surface area (Å²) in [7, 11) is 5.55. The third-order valence-electron chi connectivity index (χ3n) is 3.51. The molecule has 1 N–H and O–H groups in total. The van der Waals surface area contributed by atoms with E-state index in [0.29, 0.717) is 0 Å². The van der Waals surface area contributed by atoms with Crippen molar-refractivity contribution in [3.8, 4) is 5.75 Å². The van der Waals surface area contributed by atoms with Gasteiger partial charge in [0.25, 0.3) is 0 Å². The number of nitrogens with zero attached hydrogens (tertiary/aromatic N) is 4. The number of nitrogens with one attached hydrogen (secondary N) is 1. The molecular formula is C13H21N5O. The number of hydrogen-bond donors (Lipinski definition) is 1. The van der Waals surface area contributed by atoms with E-state index in [1.54, 1.807) is 13.3 Å². The number of rotatable bonds is 5. The fourth-order valence-electron chi connectivity index (χ4n) is 2.32. The summed E-state index contributed by atoms with van der Waals surface area (Å²) in [5, 5.41) is 12.0. The van der Waals surface area contributed by atoms with E-state index in [4.69, 9.17) is 4.74 Å². The van der Waals surface area contributed by atoms with Crippen LogP contribution in [-0.2, 0) is 13.6 Å². The van der Waals surface area contributed by atoms with E-state index in [0.717, 1.165) is 29.2 Å². The average molecular weight is 263 g/mol. The van der Waals surface area contributed by atoms with Crippen molar-refractivity contribution in [1.29, 1.82) is 0 Å². The molecule has 0 saturated heterocycles. The zero-order chi connectivity index (χ0) is 14.0. The Morgan fingerprint density at radius 1 is 1.37 bits per heavy atom. The monoisotopic (exact) mass is 263 g/mol. The van der Waals surface area contributed by atoms with Crippen LogP contribution in [0.1, 0.15) is 29.9 Å². The van der Waals surface area contributed by atoms with Crippen molar-refractivity contribution < 1.29 is 4.74 Å². The minimum absolute atomic E-state index is 0.0195. The van der Waals surface area contributed by atoms with Gasteiger partial charge in [-0.15, -0.1) is 0 Å². The fourth-order valence-corrected chi connectivity index (χ4v) is 2.32. The van der Waals surface area contributed by atoms with Crippen LogP contribution < -0.4 is 10.1 Å². The van der Waals surface area contributed by atoms with Crippen LogP contribution in [0.15, 0.2) is 12.4 Å². The molecule has 0 amide bonds. The van der Waals surface area contributed by atoms with E-state index in [-0.39, 0.29) is 6.04 Å². The van der Waals surface area contributed by atoms with Crippen molar-refractivity contribution in [3.05, 3.63) is 29.3 Å². The van der Waals surface area contributed by atoms with Crippen molar-refractivity contribution in [2.24, 2.45) is 7.05 Å². The van der Waals surface area contributed by atoms with Crippen LogP contribution in [-0.4, -0.2) is 33.7 Å². The molecule has 2 aromatic heterocycles. The molecule has 2 heterocycles. The topological polar surface area (TPSA) is 56.9 Å². The summed E-state index contributed by atoms with van der Waals surface area (Å²) >= 11 is 0. The average Bonchev–Trinajstić information content (AvgIpc) is 2.98. The molecule has 1 unspecified atom stereocenters. The molecule has 104 valence electrons. The van der Waals surface area contributed by atoms with Crippen LogP contribution in [0, 0.1) is 6.92 Å². The zero-order valence-corrected chi connectivity index (χ0v) is 12.1. The van der Waals surface area contributed by atoms with Gasteiger partial charge in [0.1, 0.15) is 5.69 Å². The first-order chi connectivity index (χ1) is 9.13. The second-order valence-electron chi connectivity index (χ2n) is 4.44. The Bertz CT molecular complexity index is 536. The van der Waals surface area contributed by atoms with Crippen LogP contribution in [0.25, 0.3) is 0 Å². The van der Waals surface area contributed by atoms with E-state index in [1.807, 2.05) is 29.7 Å². The Labute approximate surface area is 113 Å². The lowest BCUT2D eigenvalue weighted by atomic mass is 10.0. The number of aryl methyl sites for hydroxylation is 2. The molecule has 0 aliphatic carbocycles. The van der Waals surface area contributed by atoms with Crippen molar-refractivity contribution in [2.75, 3.05) is 14.2 Å². The predicted octanol–water partition coefficient (Wildman–Crippen LogP) is 1.26. The lowest BCUT2D eigenvalue weighted by molar-refractivity contribution is 0.401. The molecule has 0 fully saturated rings. The van der Waals surface area contributed by atoms with Crippen molar-refractivity contribution in [1.82, 2.24) is 24.9 Å². The molecule has 0 radical (unpaired) electrons. The van der Waals surface area contributed by atoms with Gasteiger partial charge in [-0.2, -0.15) is 10.2 Å². The third kappa shape index (κ3) is 2.23. The summed E-state index contributed by atoms with van der Waals surface area (Å²) in [6.07, 6.45) is 3.65. The lowest BCUT2D eigenvalue weighted by Gasteiger charge is -2.18. The quantitative estimate of drug-likeness (QED) is 0.882. The molecule has 19 heavy (non-hydrogen) atoms. The highest BCUT2D eigenvalue weighted by Gasteiger charge is 2.24. The summed E-state index contributed by atoms with van der Waals surface area (Å²) in [6.45, 7) is 4.93. The van der Waals surface area contributed by atoms with Crippen molar-refractivity contribution in [3.63, 3.8) is 0 Å². The molecule has 0 bridgehead atoms. The number of ether oxygens (including phenoxy) is 1. The van der Waals surface area contributed by atoms with E-state index >= 15 is 0 Å². The lowest BCUT2D eigenvalue weighted by Crippen LogP contribution is -2.22. The zero-order valence-electron chi connectivity index (χ0n) is 12.1. The highest BCUT2D eigenvalue weighted by Crippen LogP contribution is 2.31. The summed E-state index contributed by atoms with van der Waals surface area (Å²) < 4.78 is 9.25. The van der Waals surface area contributed by atoms with Crippen molar-refractivity contribution in [2.45, 2.75) is 26.4 Å². The fraction of sp³-hybridized carbons (Fsp3) is 0.538. The number of hydrogen-bond acceptors (Lipinski definition) is 4. The van der Waals surface area contributed by atoms with Gasteiger partial charge in [0.2, 0.25) is 0 Å². The number of aromatic nitrogens is 4. The minimum Gasteiger partial charge on any atom is -0.493 e. The van der Waals surface area contributed by atoms with Gasteiger partial charge in [0, 0.05) is 24.8 Å². The maximum Gasteiger partial charge on any atom is 0.161 e. The predicted molar refractivity (Wildman–Crippen MR) is 73.3 cm³/mol. The number of methoxy groups -OCH3 is 1. The highest BCUT2D eigenvalue weighted by atomic mass is 16.5. The Hall–Kier alpha value is -1.82. The molecule has 0 aromatic carbocycles. The summed E-state index contributed by atoms with van der Waals surface area (Å²) in [6, 6.07) is 0.0195. The van der Waals surface area contributed by atoms with Crippen LogP contribution in [0.4, 0.5) is 0 Å². The van der Waals surface area contributed by atoms with Crippen LogP contribution in [0.3, 0.4) is 0 Å². The first-order valence-corrected chi connectivity index (χ1v) is 6.39. The molecule has 0 spiro atoms. The van der Waals surface area contributed by atoms with Gasteiger partial charge in [0.05, 0.1) is 25.5 Å². The SMILES string of the molecule is CCn1ncc(OC)c1C(NC)c1cnn(C)c1C. The second kappa shape index (κ2) is 5.44. The highest BCUT2D eigenvalue weighted by molar-refractivity contribution is 5.37. The van der Waals surface area contributed by atoms with E-state index < -0.39 is 0 Å². The smallest absolute Gasteiger partial charge is 0.161 e. The van der Waals surface area contributed by atoms with E-state index in [9.17, 15) is 0 Å². The third-order valence-corrected chi connectivity index (χ3v) is 3.51. The van der Waals surface area contributed by atoms with Gasteiger partial charge in [-0.05, 0) is 20.9 Å². The molecule has 6 nitrogen and oxygen atoms in total. The molecule has 2 aromatic rings. The molecule has 0 aliphatic rings. The van der Waals surface area contributed by atoms with Crippen LogP contribution >= 0.6 is 0 Å². The van der Waals surface area contributed by atoms with Gasteiger partial charge in [-0.3, -0.25) is 9.36 Å². The first-order valence-electron chi connectivity index (χ1n) is 6.39. The van der Waals surface area contributed by atoms with Crippen LogP contribution in [0.2, 0.25) is 0 Å². The standard InChI is InChI=1S/C13H21N5O/c1-6-18-13(11(19-5)8-16-18)12(14-3)10-7-15-17(4)9(10)2/h7-8,12,14H,6H2,1-5H3. The first kappa shape index (κ1) is 13.6. The molecule has 0 aliphatic heterocycles. The molecule has 1 atom stereocenters. The minimum atomic E-state index is 0.0195. The Morgan fingerprint density at radius 3 is 2.58 bits per heavy atom. The van der Waals surface area contributed by atoms with Crippen molar-refractivity contribution >= 4 is 0 Å². The molecule has 2 rings (SSSR count). The summed E-state index contributed by atoms with van der Waals surface area (Å²) in [5.41, 5.74) is 3.30. The van der Waals surface area contributed by atoms with Gasteiger partial charge < -0.3 is 10.1 Å². The molecule has 0 saturated carbocycles. The molecular weight excluding hydrogens is 242 g/mol. The maximum absolute atomic E-state index is 5.43. The molecule has 6 heteroatoms. The van der Waals surface area contributed by atoms with E-state index in [1.165, 1.54) is 0 Å². The summed E-state index contributed by atoms with van der Waals surface area (Å²) in [4.78, 5) is 0. The van der Waals surface area contributed by atoms with Gasteiger partial charge in [0.15, 0.2) is 5.75 Å². The Morgan fingerprint density at radius 2 is 2.11 bits per heavy atom. The van der Waals surface area contributed by atoms with Gasteiger partial charge >= 0.3 is 0 Å². The maximum atomic E-state index is 5.43. The largest absolute Gasteiger partial charge is 0.493 e. The Balaban J connectivity index is 2.53. The Kier molecular flexibility index (Phi) is 3.90. The van der Waals surface area contributed by atoms with E-state index in [2.05, 4.69) is 29.4 Å². The summed E-state index contributed by atoms with van der Waals surface area (Å²) in [5.74, 6) is 0.796. The van der Waals surface area contributed by atoms with Crippen LogP contribution in [0.5, 0.6) is 5.75 Å². The van der Waals surface area contributed by atoms with Gasteiger partial charge in [-0.1, -0.05) is 0 Å². The second-order valence-corrected chi connectivity index (χ2v) is 4.44. The van der Waals surface area contributed by atoms with Gasteiger partial charge in [-0.25, -0.2) is 0 Å². The normalized spacial score (nSPS) is 12.7.